The summed E-state index contributed by atoms with van der Waals surface area (Å²) in [7, 11) is 0. The van der Waals surface area contributed by atoms with Gasteiger partial charge in [0.1, 0.15) is 11.6 Å². The third-order valence-corrected chi connectivity index (χ3v) is 4.96. The zero-order valence-electron chi connectivity index (χ0n) is 16.9. The lowest BCUT2D eigenvalue weighted by Crippen LogP contribution is -2.33. The molecule has 31 heavy (non-hydrogen) atoms. The van der Waals surface area contributed by atoms with Crippen LogP contribution in [0.3, 0.4) is 0 Å². The second-order valence-electron chi connectivity index (χ2n) is 7.04. The Morgan fingerprint density at radius 2 is 2.03 bits per heavy atom. The first kappa shape index (κ1) is 20.5. The van der Waals surface area contributed by atoms with Crippen molar-refractivity contribution in [3.8, 4) is 11.4 Å². The Labute approximate surface area is 177 Å². The van der Waals surface area contributed by atoms with Gasteiger partial charge in [-0.15, -0.1) is 5.10 Å². The number of carbonyl (C=O) groups excluding carboxylic acids is 2. The fraction of sp³-hybridized carbons (Fsp3) is 0.286. The summed E-state index contributed by atoms with van der Waals surface area (Å²) >= 11 is 0. The molecule has 1 saturated heterocycles. The number of hydrogen-bond donors (Lipinski definition) is 1. The minimum Gasteiger partial charge on any atom is -0.494 e. The van der Waals surface area contributed by atoms with Crippen LogP contribution in [0.2, 0.25) is 0 Å². The quantitative estimate of drug-likeness (QED) is 0.621. The van der Waals surface area contributed by atoms with Crippen molar-refractivity contribution in [1.82, 2.24) is 25.5 Å². The van der Waals surface area contributed by atoms with E-state index in [1.54, 1.807) is 41.3 Å². The molecule has 160 valence electrons. The van der Waals surface area contributed by atoms with Crippen LogP contribution in [0.25, 0.3) is 5.69 Å². The zero-order valence-corrected chi connectivity index (χ0v) is 16.9. The van der Waals surface area contributed by atoms with Crippen molar-refractivity contribution in [1.29, 1.82) is 0 Å². The summed E-state index contributed by atoms with van der Waals surface area (Å²) < 4.78 is 20.3. The number of nitrogens with zero attached hydrogens (tertiary/aromatic N) is 5. The van der Waals surface area contributed by atoms with Gasteiger partial charge in [0.2, 0.25) is 11.8 Å². The van der Waals surface area contributed by atoms with Gasteiger partial charge in [-0.2, -0.15) is 4.68 Å². The zero-order chi connectivity index (χ0) is 21.8. The number of benzene rings is 2. The van der Waals surface area contributed by atoms with Crippen molar-refractivity contribution in [3.63, 3.8) is 0 Å². The van der Waals surface area contributed by atoms with Gasteiger partial charge in [-0.1, -0.05) is 6.07 Å². The number of ether oxygens (including phenoxy) is 1. The number of hydrogen-bond acceptors (Lipinski definition) is 6. The van der Waals surface area contributed by atoms with E-state index in [-0.39, 0.29) is 31.3 Å². The monoisotopic (exact) mass is 424 g/mol. The highest BCUT2D eigenvalue weighted by atomic mass is 19.1. The molecule has 0 saturated carbocycles. The van der Waals surface area contributed by atoms with Gasteiger partial charge in [0.25, 0.3) is 0 Å². The number of carbonyl (C=O) groups is 2. The van der Waals surface area contributed by atoms with E-state index in [0.29, 0.717) is 18.1 Å². The molecule has 2 heterocycles. The molecule has 0 aliphatic carbocycles. The van der Waals surface area contributed by atoms with Crippen LogP contribution in [-0.4, -0.2) is 45.2 Å². The Morgan fingerprint density at radius 1 is 1.23 bits per heavy atom. The molecular formula is C21H21FN6O3. The van der Waals surface area contributed by atoms with Crippen molar-refractivity contribution in [2.75, 3.05) is 18.1 Å². The molecule has 1 unspecified atom stereocenters. The molecule has 4 rings (SSSR count). The molecule has 2 aromatic carbocycles. The molecule has 1 atom stereocenters. The van der Waals surface area contributed by atoms with Crippen LogP contribution in [0.15, 0.2) is 48.5 Å². The summed E-state index contributed by atoms with van der Waals surface area (Å²) in [5.74, 6) is -0.210. The highest BCUT2D eigenvalue weighted by Gasteiger charge is 2.35. The number of aromatic nitrogens is 4. The molecule has 0 bridgehead atoms. The number of rotatable bonds is 7. The molecule has 1 fully saturated rings. The predicted octanol–water partition coefficient (Wildman–Crippen LogP) is 1.87. The second-order valence-corrected chi connectivity index (χ2v) is 7.04. The van der Waals surface area contributed by atoms with Crippen LogP contribution in [0, 0.1) is 11.7 Å². The van der Waals surface area contributed by atoms with E-state index < -0.39 is 11.7 Å². The van der Waals surface area contributed by atoms with Gasteiger partial charge in [0.15, 0.2) is 5.82 Å². The highest BCUT2D eigenvalue weighted by Crippen LogP contribution is 2.27. The van der Waals surface area contributed by atoms with Gasteiger partial charge in [0.05, 0.1) is 24.8 Å². The minimum absolute atomic E-state index is 0.0517. The molecule has 1 N–H and O–H groups in total. The summed E-state index contributed by atoms with van der Waals surface area (Å²) in [6, 6.07) is 13.0. The number of amides is 2. The van der Waals surface area contributed by atoms with Gasteiger partial charge in [-0.3, -0.25) is 9.59 Å². The number of nitrogens with one attached hydrogen (secondary N) is 1. The van der Waals surface area contributed by atoms with Gasteiger partial charge in [0, 0.05) is 18.7 Å². The minimum atomic E-state index is -0.488. The van der Waals surface area contributed by atoms with Crippen molar-refractivity contribution >= 4 is 17.5 Å². The van der Waals surface area contributed by atoms with Crippen molar-refractivity contribution in [2.45, 2.75) is 19.9 Å². The van der Waals surface area contributed by atoms with Crippen molar-refractivity contribution in [2.24, 2.45) is 5.92 Å². The molecule has 3 aromatic rings. The smallest absolute Gasteiger partial charge is 0.227 e. The number of tetrazole rings is 1. The standard InChI is InChI=1S/C21H21FN6O3/c1-2-31-18-8-6-16(7-9-18)27-13-14(10-20(27)29)21(30)23-12-19-24-25-26-28(19)17-5-3-4-15(22)11-17/h3-9,11,14H,2,10,12-13H2,1H3,(H,23,30). The van der Waals surface area contributed by atoms with Crippen LogP contribution in [0.5, 0.6) is 5.75 Å². The Morgan fingerprint density at radius 3 is 2.77 bits per heavy atom. The van der Waals surface area contributed by atoms with E-state index in [1.807, 2.05) is 6.92 Å². The maximum absolute atomic E-state index is 13.5. The Balaban J connectivity index is 1.38. The molecule has 1 aliphatic heterocycles. The molecule has 0 radical (unpaired) electrons. The van der Waals surface area contributed by atoms with Crippen LogP contribution in [-0.2, 0) is 16.1 Å². The summed E-state index contributed by atoms with van der Waals surface area (Å²) in [6.07, 6.45) is 0.119. The first-order valence-corrected chi connectivity index (χ1v) is 9.89. The second kappa shape index (κ2) is 8.90. The van der Waals surface area contributed by atoms with Gasteiger partial charge in [-0.05, 0) is 59.8 Å². The fourth-order valence-corrected chi connectivity index (χ4v) is 3.46. The Bertz CT molecular complexity index is 1080. The van der Waals surface area contributed by atoms with E-state index in [4.69, 9.17) is 4.74 Å². The van der Waals surface area contributed by atoms with E-state index >= 15 is 0 Å². The molecule has 0 spiro atoms. The number of halogens is 1. The number of anilines is 1. The first-order chi connectivity index (χ1) is 15.0. The lowest BCUT2D eigenvalue weighted by molar-refractivity contribution is -0.126. The molecule has 1 aromatic heterocycles. The van der Waals surface area contributed by atoms with Crippen molar-refractivity contribution in [3.05, 3.63) is 60.2 Å². The normalized spacial score (nSPS) is 15.9. The summed E-state index contributed by atoms with van der Waals surface area (Å²) in [5.41, 5.74) is 1.17. The maximum Gasteiger partial charge on any atom is 0.227 e. The van der Waals surface area contributed by atoms with E-state index in [0.717, 1.165) is 11.4 Å². The average Bonchev–Trinajstić information content (AvgIpc) is 3.39. The fourth-order valence-electron chi connectivity index (χ4n) is 3.46. The molecule has 9 nitrogen and oxygen atoms in total. The van der Waals surface area contributed by atoms with Crippen LogP contribution in [0.4, 0.5) is 10.1 Å². The van der Waals surface area contributed by atoms with Gasteiger partial charge >= 0.3 is 0 Å². The average molecular weight is 424 g/mol. The third-order valence-electron chi connectivity index (χ3n) is 4.96. The molecule has 1 aliphatic rings. The van der Waals surface area contributed by atoms with Crippen LogP contribution in [0.1, 0.15) is 19.2 Å². The SMILES string of the molecule is CCOc1ccc(N2CC(C(=O)NCc3nnnn3-c3cccc(F)c3)CC2=O)cc1. The van der Waals surface area contributed by atoms with Crippen LogP contribution >= 0.6 is 0 Å². The topological polar surface area (TPSA) is 102 Å². The maximum atomic E-state index is 13.5. The lowest BCUT2D eigenvalue weighted by Gasteiger charge is -2.17. The Hall–Kier alpha value is -3.82. The van der Waals surface area contributed by atoms with Crippen LogP contribution < -0.4 is 15.0 Å². The Kier molecular flexibility index (Phi) is 5.87. The highest BCUT2D eigenvalue weighted by molar-refractivity contribution is 6.00. The molecular weight excluding hydrogens is 403 g/mol. The van der Waals surface area contributed by atoms with Crippen molar-refractivity contribution < 1.29 is 18.7 Å². The van der Waals surface area contributed by atoms with Gasteiger partial charge in [-0.25, -0.2) is 4.39 Å². The molecule has 10 heteroatoms. The van der Waals surface area contributed by atoms with E-state index in [9.17, 15) is 14.0 Å². The largest absolute Gasteiger partial charge is 0.494 e. The summed E-state index contributed by atoms with van der Waals surface area (Å²) in [6.45, 7) is 2.80. The first-order valence-electron chi connectivity index (χ1n) is 9.89. The van der Waals surface area contributed by atoms with E-state index in [1.165, 1.54) is 16.8 Å². The summed E-state index contributed by atoms with van der Waals surface area (Å²) in [5, 5.41) is 14.1. The summed E-state index contributed by atoms with van der Waals surface area (Å²) in [4.78, 5) is 26.7. The third kappa shape index (κ3) is 4.52. The molecule has 2 amide bonds. The van der Waals surface area contributed by atoms with Gasteiger partial charge < -0.3 is 15.0 Å². The van der Waals surface area contributed by atoms with E-state index in [2.05, 4.69) is 20.8 Å². The lowest BCUT2D eigenvalue weighted by atomic mass is 10.1. The predicted molar refractivity (Wildman–Crippen MR) is 109 cm³/mol.